The predicted octanol–water partition coefficient (Wildman–Crippen LogP) is 5.15. The number of carbonyl (C=O) groups is 2. The Bertz CT molecular complexity index is 1380. The van der Waals surface area contributed by atoms with E-state index < -0.39 is 0 Å². The third kappa shape index (κ3) is 4.63. The van der Waals surface area contributed by atoms with Crippen molar-refractivity contribution in [3.05, 3.63) is 83.7 Å². The summed E-state index contributed by atoms with van der Waals surface area (Å²) in [5, 5.41) is 1.65. The lowest BCUT2D eigenvalue weighted by molar-refractivity contribution is -0.118. The molecule has 0 bridgehead atoms. The van der Waals surface area contributed by atoms with Crippen molar-refractivity contribution >= 4 is 33.9 Å². The number of nitrogens with one attached hydrogen (secondary N) is 1. The number of carbonyl (C=O) groups excluding carboxylic acids is 2. The molecule has 1 atom stereocenters. The molecule has 0 aliphatic carbocycles. The number of ether oxygens (including phenoxy) is 2. The average Bonchev–Trinajstić information content (AvgIpc) is 3.32. The molecule has 1 saturated heterocycles. The maximum Gasteiger partial charge on any atom is 0.286 e. The summed E-state index contributed by atoms with van der Waals surface area (Å²) in [5.41, 5.74) is 3.88. The molecular weight excluding hydrogens is 450 g/mol. The Hall–Kier alpha value is -3.78. The minimum absolute atomic E-state index is 0.232. The van der Waals surface area contributed by atoms with E-state index in [0.29, 0.717) is 18.8 Å². The van der Waals surface area contributed by atoms with Gasteiger partial charge in [-0.1, -0.05) is 42.1 Å². The lowest BCUT2D eigenvalue weighted by atomic mass is 10.1. The number of para-hydroxylation sites is 1. The summed E-state index contributed by atoms with van der Waals surface area (Å²) in [6, 6.07) is 21.3. The van der Waals surface area contributed by atoms with E-state index in [1.165, 1.54) is 0 Å². The summed E-state index contributed by atoms with van der Waals surface area (Å²) in [7, 11) is 1.96. The largest absolute Gasteiger partial charge is 0.486 e. The number of thioether (sulfide) groups is 1. The number of hydrogen-bond donors (Lipinski definition) is 1. The maximum absolute atomic E-state index is 11.8. The number of aryl methyl sites for hydroxylation is 2. The van der Waals surface area contributed by atoms with Crippen LogP contribution in [0.15, 0.2) is 66.7 Å². The van der Waals surface area contributed by atoms with Crippen molar-refractivity contribution in [2.45, 2.75) is 25.2 Å². The second kappa shape index (κ2) is 9.23. The number of imide groups is 1. The van der Waals surface area contributed by atoms with Crippen molar-refractivity contribution < 1.29 is 19.1 Å². The summed E-state index contributed by atoms with van der Waals surface area (Å²) in [4.78, 5) is 27.8. The molecule has 0 spiro atoms. The fraction of sp³-hybridized carbons (Fsp3) is 0.192. The van der Waals surface area contributed by atoms with Gasteiger partial charge in [-0.25, -0.2) is 4.98 Å². The van der Waals surface area contributed by atoms with Crippen LogP contribution >= 0.6 is 11.8 Å². The number of fused-ring (bicyclic) bond motifs is 1. The smallest absolute Gasteiger partial charge is 0.286 e. The molecule has 2 amide bonds. The first-order valence-corrected chi connectivity index (χ1v) is 11.8. The van der Waals surface area contributed by atoms with Gasteiger partial charge in [0.05, 0.1) is 16.3 Å². The van der Waals surface area contributed by atoms with Crippen molar-refractivity contribution in [2.24, 2.45) is 7.05 Å². The molecule has 1 aromatic heterocycles. The number of hydrogen-bond acceptors (Lipinski definition) is 6. The zero-order valence-corrected chi connectivity index (χ0v) is 19.6. The van der Waals surface area contributed by atoms with Gasteiger partial charge in [0.1, 0.15) is 29.7 Å². The van der Waals surface area contributed by atoms with Crippen LogP contribution in [0.4, 0.5) is 4.79 Å². The number of rotatable bonds is 7. The van der Waals surface area contributed by atoms with E-state index in [1.54, 1.807) is 0 Å². The molecule has 172 valence electrons. The maximum atomic E-state index is 11.8. The Morgan fingerprint density at radius 2 is 1.79 bits per heavy atom. The van der Waals surface area contributed by atoms with Gasteiger partial charge in [-0.3, -0.25) is 14.9 Å². The van der Waals surface area contributed by atoms with Gasteiger partial charge in [0.25, 0.3) is 5.24 Å². The Labute approximate surface area is 201 Å². The molecule has 0 radical (unpaired) electrons. The number of nitrogens with zero attached hydrogens (tertiary/aromatic N) is 2. The molecular formula is C26H23N3O4S. The van der Waals surface area contributed by atoms with Crippen LogP contribution < -0.4 is 14.8 Å². The number of amides is 2. The van der Waals surface area contributed by atoms with Gasteiger partial charge in [0, 0.05) is 13.1 Å². The van der Waals surface area contributed by atoms with Crippen molar-refractivity contribution in [1.82, 2.24) is 14.9 Å². The number of aromatic nitrogens is 2. The Kier molecular flexibility index (Phi) is 5.98. The average molecular weight is 474 g/mol. The predicted molar refractivity (Wildman–Crippen MR) is 131 cm³/mol. The second-order valence-electron chi connectivity index (χ2n) is 8.13. The minimum Gasteiger partial charge on any atom is -0.486 e. The minimum atomic E-state index is -0.376. The molecule has 1 fully saturated rings. The van der Waals surface area contributed by atoms with Gasteiger partial charge < -0.3 is 14.0 Å². The fourth-order valence-corrected chi connectivity index (χ4v) is 4.68. The normalized spacial score (nSPS) is 15.5. The monoisotopic (exact) mass is 473 g/mol. The van der Waals surface area contributed by atoms with Crippen molar-refractivity contribution in [1.29, 1.82) is 0 Å². The zero-order chi connectivity index (χ0) is 23.7. The van der Waals surface area contributed by atoms with Gasteiger partial charge in [-0.05, 0) is 54.8 Å². The quantitative estimate of drug-likeness (QED) is 0.400. The molecule has 4 aromatic rings. The fourth-order valence-electron chi connectivity index (χ4n) is 3.82. The van der Waals surface area contributed by atoms with Crippen molar-refractivity contribution in [2.75, 3.05) is 0 Å². The van der Waals surface area contributed by atoms with Gasteiger partial charge >= 0.3 is 0 Å². The molecule has 1 N–H and O–H groups in total. The Morgan fingerprint density at radius 1 is 1.03 bits per heavy atom. The highest BCUT2D eigenvalue weighted by Crippen LogP contribution is 2.28. The lowest BCUT2D eigenvalue weighted by Gasteiger charge is -2.09. The molecule has 1 aliphatic rings. The first-order valence-electron chi connectivity index (χ1n) is 10.9. The summed E-state index contributed by atoms with van der Waals surface area (Å²) in [6.45, 7) is 2.33. The zero-order valence-electron chi connectivity index (χ0n) is 18.8. The number of imidazole rings is 1. The molecule has 3 aromatic carbocycles. The summed E-state index contributed by atoms with van der Waals surface area (Å²) < 4.78 is 14.0. The van der Waals surface area contributed by atoms with E-state index in [1.807, 2.05) is 85.3 Å². The highest BCUT2D eigenvalue weighted by atomic mass is 32.2. The van der Waals surface area contributed by atoms with Crippen molar-refractivity contribution in [3.63, 3.8) is 0 Å². The van der Waals surface area contributed by atoms with Crippen LogP contribution in [0.25, 0.3) is 11.0 Å². The van der Waals surface area contributed by atoms with E-state index in [4.69, 9.17) is 14.5 Å². The molecule has 0 saturated carbocycles. The lowest BCUT2D eigenvalue weighted by Crippen LogP contribution is -2.25. The van der Waals surface area contributed by atoms with E-state index in [2.05, 4.69) is 5.32 Å². The van der Waals surface area contributed by atoms with E-state index in [0.717, 1.165) is 51.2 Å². The first-order chi connectivity index (χ1) is 16.5. The second-order valence-corrected chi connectivity index (χ2v) is 9.30. The van der Waals surface area contributed by atoms with E-state index >= 15 is 0 Å². The van der Waals surface area contributed by atoms with Crippen LogP contribution in [-0.4, -0.2) is 25.9 Å². The molecule has 2 heterocycles. The van der Waals surface area contributed by atoms with E-state index in [9.17, 15) is 9.59 Å². The van der Waals surface area contributed by atoms with Crippen LogP contribution in [0.2, 0.25) is 0 Å². The van der Waals surface area contributed by atoms with Gasteiger partial charge in [-0.2, -0.15) is 0 Å². The van der Waals surface area contributed by atoms with Crippen LogP contribution in [-0.2, 0) is 24.9 Å². The van der Waals surface area contributed by atoms with Crippen LogP contribution in [0.5, 0.6) is 17.2 Å². The Morgan fingerprint density at radius 3 is 2.53 bits per heavy atom. The molecule has 7 nitrogen and oxygen atoms in total. The third-order valence-corrected chi connectivity index (χ3v) is 6.73. The topological polar surface area (TPSA) is 82.5 Å². The summed E-state index contributed by atoms with van der Waals surface area (Å²) >= 11 is 1.03. The molecule has 5 rings (SSSR count). The molecule has 1 aliphatic heterocycles. The number of benzene rings is 3. The molecule has 8 heteroatoms. The highest BCUT2D eigenvalue weighted by molar-refractivity contribution is 8.15. The Balaban J connectivity index is 1.25. The van der Waals surface area contributed by atoms with E-state index in [-0.39, 0.29) is 16.4 Å². The summed E-state index contributed by atoms with van der Waals surface area (Å²) in [6.07, 6.45) is 0.500. The third-order valence-electron chi connectivity index (χ3n) is 5.75. The SMILES string of the molecule is Cc1ccccc1Oc1ccc2nc(COc3ccc(CC4SC(=O)NC4=O)cc3)n(C)c2c1. The molecule has 1 unspecified atom stereocenters. The highest BCUT2D eigenvalue weighted by Gasteiger charge is 2.31. The molecule has 34 heavy (non-hydrogen) atoms. The van der Waals surface area contributed by atoms with Crippen LogP contribution in [0, 0.1) is 6.92 Å². The van der Waals surface area contributed by atoms with Crippen LogP contribution in [0.1, 0.15) is 17.0 Å². The standard InChI is InChI=1S/C26H23N3O4S/c1-16-5-3-4-6-22(16)33-19-11-12-20-21(14-19)29(2)24(27-20)15-32-18-9-7-17(8-10-18)13-23-25(30)28-26(31)34-23/h3-12,14,23H,13,15H2,1-2H3,(H,28,30,31). The first kappa shape index (κ1) is 22.0. The summed E-state index contributed by atoms with van der Waals surface area (Å²) in [5.74, 6) is 2.85. The van der Waals surface area contributed by atoms with Crippen LogP contribution in [0.3, 0.4) is 0 Å². The van der Waals surface area contributed by atoms with Gasteiger partial charge in [-0.15, -0.1) is 0 Å². The van der Waals surface area contributed by atoms with Gasteiger partial charge in [0.2, 0.25) is 5.91 Å². The van der Waals surface area contributed by atoms with Gasteiger partial charge in [0.15, 0.2) is 0 Å². The van der Waals surface area contributed by atoms with Crippen molar-refractivity contribution in [3.8, 4) is 17.2 Å².